The highest BCUT2D eigenvalue weighted by Crippen LogP contribution is 1.57. The normalized spacial score (nSPS) is 6.83. The van der Waals surface area contributed by atoms with E-state index in [1.54, 1.807) is 0 Å². The van der Waals surface area contributed by atoms with E-state index in [2.05, 4.69) is 28.0 Å². The average molecular weight is 103 g/mol. The Hall–Kier alpha value is -0.210. The molecule has 0 bridgehead atoms. The van der Waals surface area contributed by atoms with Gasteiger partial charge in [0.2, 0.25) is 0 Å². The first-order valence-electron chi connectivity index (χ1n) is 1.43. The van der Waals surface area contributed by atoms with Crippen LogP contribution in [0.15, 0.2) is 6.08 Å². The van der Waals surface area contributed by atoms with Gasteiger partial charge in [0.15, 0.2) is 0 Å². The molecule has 0 radical (unpaired) electrons. The molecule has 34 valence electrons. The first-order valence-corrected chi connectivity index (χ1v) is 1.83. The van der Waals surface area contributed by atoms with E-state index >= 15 is 0 Å². The number of thiocarbonyl (C=S) groups is 1. The lowest BCUT2D eigenvalue weighted by Crippen LogP contribution is -1.96. The summed E-state index contributed by atoms with van der Waals surface area (Å²) in [6.07, 6.45) is 1.52. The van der Waals surface area contributed by atoms with Crippen molar-refractivity contribution >= 4 is 17.2 Å². The molecule has 0 aromatic rings. The van der Waals surface area contributed by atoms with E-state index in [0.29, 0.717) is 6.61 Å². The molecule has 0 amide bonds. The van der Waals surface area contributed by atoms with Crippen molar-refractivity contribution in [3.63, 3.8) is 0 Å². The van der Waals surface area contributed by atoms with Crippen molar-refractivity contribution in [1.82, 2.24) is 0 Å². The largest absolute Gasteiger partial charge is 0.300 e. The minimum absolute atomic E-state index is 0.351. The third kappa shape index (κ3) is 3.79. The van der Waals surface area contributed by atoms with Crippen LogP contribution in [0.2, 0.25) is 0 Å². The summed E-state index contributed by atoms with van der Waals surface area (Å²) < 4.78 is 0. The maximum atomic E-state index is 4.60. The molecule has 3 heteroatoms. The topological polar surface area (TPSA) is 35.2 Å². The molecule has 2 N–H and O–H groups in total. The smallest absolute Gasteiger partial charge is 0.0942 e. The Balaban J connectivity index is 2.86. The quantitative estimate of drug-likeness (QED) is 0.395. The Kier molecular flexibility index (Phi) is 4.62. The Morgan fingerprint density at radius 2 is 2.67 bits per heavy atom. The molecule has 0 aliphatic carbocycles. The van der Waals surface area contributed by atoms with Gasteiger partial charge in [0.25, 0.3) is 0 Å². The fourth-order valence-electron chi connectivity index (χ4n) is 0.0821. The van der Waals surface area contributed by atoms with E-state index in [0.717, 1.165) is 0 Å². The summed E-state index contributed by atoms with van der Waals surface area (Å²) in [7, 11) is 0. The molecule has 0 aliphatic heterocycles. The molecule has 0 aromatic heterocycles. The van der Waals surface area contributed by atoms with Gasteiger partial charge in [-0.1, -0.05) is 0 Å². The summed E-state index contributed by atoms with van der Waals surface area (Å²) in [5.41, 5.74) is 0. The van der Waals surface area contributed by atoms with Gasteiger partial charge in [0.1, 0.15) is 0 Å². The lowest BCUT2D eigenvalue weighted by Gasteiger charge is -1.78. The van der Waals surface area contributed by atoms with Gasteiger partial charge in [0, 0.05) is 0 Å². The second-order valence-electron chi connectivity index (χ2n) is 0.655. The van der Waals surface area contributed by atoms with Crippen LogP contribution in [-0.2, 0) is 4.84 Å². The maximum Gasteiger partial charge on any atom is 0.0942 e. The first-order chi connectivity index (χ1) is 2.91. The number of nitrogens with two attached hydrogens (primary N) is 1. The van der Waals surface area contributed by atoms with E-state index in [1.807, 2.05) is 0 Å². The molecule has 0 heterocycles. The number of rotatable bonds is 2. The molecule has 6 heavy (non-hydrogen) atoms. The van der Waals surface area contributed by atoms with E-state index < -0.39 is 0 Å². The zero-order valence-corrected chi connectivity index (χ0v) is 3.99. The second kappa shape index (κ2) is 4.79. The minimum Gasteiger partial charge on any atom is -0.300 e. The summed E-state index contributed by atoms with van der Waals surface area (Å²) in [5, 5.41) is 2.32. The van der Waals surface area contributed by atoms with Crippen LogP contribution >= 0.6 is 12.2 Å². The van der Waals surface area contributed by atoms with Crippen molar-refractivity contribution in [1.29, 1.82) is 0 Å². The predicted molar refractivity (Wildman–Crippen MR) is 27.3 cm³/mol. The van der Waals surface area contributed by atoms with Crippen LogP contribution < -0.4 is 5.90 Å². The minimum atomic E-state index is 0.351. The second-order valence-corrected chi connectivity index (χ2v) is 0.891. The van der Waals surface area contributed by atoms with Crippen LogP contribution in [0.25, 0.3) is 0 Å². The molecule has 0 spiro atoms. The van der Waals surface area contributed by atoms with Crippen LogP contribution in [0.1, 0.15) is 0 Å². The zero-order chi connectivity index (χ0) is 4.83. The Labute approximate surface area is 41.5 Å². The van der Waals surface area contributed by atoms with Crippen molar-refractivity contribution in [3.05, 3.63) is 6.08 Å². The molecule has 2 nitrogen and oxygen atoms in total. The van der Waals surface area contributed by atoms with Gasteiger partial charge in [0.05, 0.1) is 6.61 Å². The van der Waals surface area contributed by atoms with Gasteiger partial charge in [-0.25, -0.2) is 5.90 Å². The number of hydrogen-bond acceptors (Lipinski definition) is 3. The standard InChI is InChI=1S/C3H5NOS/c4-5-2-1-3-6/h1H,2,4H2. The van der Waals surface area contributed by atoms with Gasteiger partial charge < -0.3 is 0 Å². The van der Waals surface area contributed by atoms with Crippen LogP contribution in [-0.4, -0.2) is 11.6 Å². The third-order valence-corrected chi connectivity index (χ3v) is 0.430. The average Bonchev–Trinajstić information content (AvgIpc) is 1.61. The van der Waals surface area contributed by atoms with E-state index in [4.69, 9.17) is 0 Å². The molecule has 0 unspecified atom stereocenters. The highest BCUT2D eigenvalue weighted by molar-refractivity contribution is 7.78. The van der Waals surface area contributed by atoms with E-state index in [9.17, 15) is 0 Å². The predicted octanol–water partition coefficient (Wildman–Crippen LogP) is 0.0315. The van der Waals surface area contributed by atoms with Gasteiger partial charge in [-0.05, 0) is 23.3 Å². The van der Waals surface area contributed by atoms with Gasteiger partial charge >= 0.3 is 0 Å². The first kappa shape index (κ1) is 5.79. The summed E-state index contributed by atoms with van der Waals surface area (Å²) in [6, 6.07) is 0. The molecule has 0 saturated carbocycles. The lowest BCUT2D eigenvalue weighted by molar-refractivity contribution is 0.168. The molecule has 0 fully saturated rings. The van der Waals surface area contributed by atoms with Crippen LogP contribution in [0, 0.1) is 0 Å². The third-order valence-electron chi connectivity index (χ3n) is 0.263. The van der Waals surface area contributed by atoms with E-state index in [1.165, 1.54) is 6.08 Å². The Bertz CT molecular complexity index is 67.2. The summed E-state index contributed by atoms with van der Waals surface area (Å²) >= 11 is 4.28. The highest BCUT2D eigenvalue weighted by Gasteiger charge is 1.62. The molecule has 0 aliphatic rings. The molecule has 0 aromatic carbocycles. The van der Waals surface area contributed by atoms with Crippen LogP contribution in [0.5, 0.6) is 0 Å². The summed E-state index contributed by atoms with van der Waals surface area (Å²) in [4.78, 5) is 4.10. The maximum absolute atomic E-state index is 4.60. The monoisotopic (exact) mass is 103 g/mol. The van der Waals surface area contributed by atoms with Gasteiger partial charge in [-0.15, -0.1) is 0 Å². The molecular weight excluding hydrogens is 98.1 g/mol. The summed E-state index contributed by atoms with van der Waals surface area (Å²) in [5.74, 6) is 4.60. The fraction of sp³-hybridized carbons (Fsp3) is 0.333. The van der Waals surface area contributed by atoms with Crippen molar-refractivity contribution in [2.24, 2.45) is 5.90 Å². The van der Waals surface area contributed by atoms with Crippen molar-refractivity contribution in [2.75, 3.05) is 6.61 Å². The van der Waals surface area contributed by atoms with E-state index in [-0.39, 0.29) is 0 Å². The summed E-state index contributed by atoms with van der Waals surface area (Å²) in [6.45, 7) is 0.351. The van der Waals surface area contributed by atoms with Crippen LogP contribution in [0.4, 0.5) is 0 Å². The molecule has 0 saturated heterocycles. The molecule has 0 rings (SSSR count). The Morgan fingerprint density at radius 1 is 2.00 bits per heavy atom. The van der Waals surface area contributed by atoms with Gasteiger partial charge in [-0.3, -0.25) is 4.84 Å². The molecule has 0 atom stereocenters. The van der Waals surface area contributed by atoms with Crippen LogP contribution in [0.3, 0.4) is 0 Å². The Morgan fingerprint density at radius 3 is 2.83 bits per heavy atom. The fourth-order valence-corrected chi connectivity index (χ4v) is 0.150. The zero-order valence-electron chi connectivity index (χ0n) is 3.18. The molecular formula is C3H5NOS. The van der Waals surface area contributed by atoms with Crippen molar-refractivity contribution < 1.29 is 4.84 Å². The SMILES string of the molecule is NOCC=C=S. The number of hydrogen-bond donors (Lipinski definition) is 1. The lowest BCUT2D eigenvalue weighted by atomic mass is 10.7. The van der Waals surface area contributed by atoms with Crippen molar-refractivity contribution in [2.45, 2.75) is 0 Å². The highest BCUT2D eigenvalue weighted by atomic mass is 32.1. The van der Waals surface area contributed by atoms with Crippen molar-refractivity contribution in [3.8, 4) is 0 Å². The van der Waals surface area contributed by atoms with Gasteiger partial charge in [-0.2, -0.15) is 0 Å².